The third-order valence-electron chi connectivity index (χ3n) is 3.08. The molecular weight excluding hydrogens is 310 g/mol. The molecule has 0 unspecified atom stereocenters. The number of nitrogens with one attached hydrogen (secondary N) is 2. The second kappa shape index (κ2) is 8.14. The maximum atomic E-state index is 5.34. The van der Waals surface area contributed by atoms with Crippen LogP contribution >= 0.6 is 12.2 Å². The number of methoxy groups -OCH3 is 2. The van der Waals surface area contributed by atoms with Gasteiger partial charge in [-0.05, 0) is 49.0 Å². The van der Waals surface area contributed by atoms with E-state index in [-0.39, 0.29) is 0 Å². The van der Waals surface area contributed by atoms with E-state index in [2.05, 4.69) is 15.8 Å². The maximum absolute atomic E-state index is 5.34. The Morgan fingerprint density at radius 3 is 2.61 bits per heavy atom. The van der Waals surface area contributed by atoms with Crippen LogP contribution in [0.15, 0.2) is 47.6 Å². The number of aryl methyl sites for hydroxylation is 1. The molecule has 0 saturated heterocycles. The first-order chi connectivity index (χ1) is 11.1. The summed E-state index contributed by atoms with van der Waals surface area (Å²) in [6.07, 6.45) is 1.63. The Morgan fingerprint density at radius 1 is 1.13 bits per heavy atom. The van der Waals surface area contributed by atoms with Gasteiger partial charge in [-0.25, -0.2) is 0 Å². The van der Waals surface area contributed by atoms with Crippen LogP contribution in [0.1, 0.15) is 11.1 Å². The lowest BCUT2D eigenvalue weighted by Gasteiger charge is -2.10. The molecule has 2 aromatic carbocycles. The van der Waals surface area contributed by atoms with Crippen LogP contribution in [-0.2, 0) is 0 Å². The standard InChI is InChI=1S/C17H19N3O2S/c1-12-6-4-8-14(10-12)19-17(23)20-18-11-13-7-5-9-15(21-2)16(13)22-3/h4-11H,1-3H3,(H2,19,20,23). The van der Waals surface area contributed by atoms with Gasteiger partial charge in [0.05, 0.1) is 20.4 Å². The monoisotopic (exact) mass is 329 g/mol. The van der Waals surface area contributed by atoms with Gasteiger partial charge in [0, 0.05) is 11.3 Å². The minimum absolute atomic E-state index is 0.411. The van der Waals surface area contributed by atoms with Crippen molar-refractivity contribution in [2.24, 2.45) is 5.10 Å². The third-order valence-corrected chi connectivity index (χ3v) is 3.27. The Bertz CT molecular complexity index is 717. The molecule has 2 N–H and O–H groups in total. The average Bonchev–Trinajstić information content (AvgIpc) is 2.54. The van der Waals surface area contributed by atoms with Crippen LogP contribution in [0, 0.1) is 6.92 Å². The zero-order valence-electron chi connectivity index (χ0n) is 13.3. The van der Waals surface area contributed by atoms with Crippen molar-refractivity contribution >= 4 is 29.2 Å². The maximum Gasteiger partial charge on any atom is 0.191 e. The SMILES string of the molecule is COc1cccc(C=NNC(=S)Nc2cccc(C)c2)c1OC. The molecule has 6 heteroatoms. The Labute approximate surface area is 141 Å². The first-order valence-electron chi connectivity index (χ1n) is 7.01. The summed E-state index contributed by atoms with van der Waals surface area (Å²) in [4.78, 5) is 0. The number of para-hydroxylation sites is 1. The van der Waals surface area contributed by atoms with Crippen molar-refractivity contribution in [1.82, 2.24) is 5.43 Å². The number of hydrazone groups is 1. The first-order valence-corrected chi connectivity index (χ1v) is 7.42. The van der Waals surface area contributed by atoms with E-state index in [0.717, 1.165) is 16.8 Å². The largest absolute Gasteiger partial charge is 0.493 e. The van der Waals surface area contributed by atoms with E-state index < -0.39 is 0 Å². The van der Waals surface area contributed by atoms with Crippen molar-refractivity contribution < 1.29 is 9.47 Å². The zero-order valence-corrected chi connectivity index (χ0v) is 14.1. The molecule has 0 bridgehead atoms. The molecule has 2 aromatic rings. The molecule has 5 nitrogen and oxygen atoms in total. The predicted molar refractivity (Wildman–Crippen MR) is 97.7 cm³/mol. The normalized spacial score (nSPS) is 10.4. The summed E-state index contributed by atoms with van der Waals surface area (Å²) >= 11 is 5.21. The van der Waals surface area contributed by atoms with Gasteiger partial charge in [-0.15, -0.1) is 0 Å². The van der Waals surface area contributed by atoms with Gasteiger partial charge in [0.1, 0.15) is 0 Å². The molecule has 23 heavy (non-hydrogen) atoms. The summed E-state index contributed by atoms with van der Waals surface area (Å²) in [5.41, 5.74) is 5.64. The van der Waals surface area contributed by atoms with Crippen molar-refractivity contribution in [1.29, 1.82) is 0 Å². The van der Waals surface area contributed by atoms with Crippen molar-refractivity contribution in [3.05, 3.63) is 53.6 Å². The number of thiocarbonyl (C=S) groups is 1. The van der Waals surface area contributed by atoms with Crippen molar-refractivity contribution in [2.75, 3.05) is 19.5 Å². The van der Waals surface area contributed by atoms with Crippen LogP contribution in [0.5, 0.6) is 11.5 Å². The molecule has 2 rings (SSSR count). The first kappa shape index (κ1) is 16.8. The highest BCUT2D eigenvalue weighted by Gasteiger charge is 2.07. The summed E-state index contributed by atoms with van der Waals surface area (Å²) in [5.74, 6) is 1.27. The summed E-state index contributed by atoms with van der Waals surface area (Å²) < 4.78 is 10.6. The molecule has 0 aliphatic rings. The molecule has 0 radical (unpaired) electrons. The highest BCUT2D eigenvalue weighted by Crippen LogP contribution is 2.29. The van der Waals surface area contributed by atoms with Crippen LogP contribution in [0.3, 0.4) is 0 Å². The van der Waals surface area contributed by atoms with Crippen LogP contribution in [0.2, 0.25) is 0 Å². The van der Waals surface area contributed by atoms with Gasteiger partial charge in [-0.1, -0.05) is 18.2 Å². The molecule has 120 valence electrons. The Balaban J connectivity index is 2.00. The van der Waals surface area contributed by atoms with Gasteiger partial charge in [-0.2, -0.15) is 5.10 Å². The van der Waals surface area contributed by atoms with Gasteiger partial charge < -0.3 is 14.8 Å². The summed E-state index contributed by atoms with van der Waals surface area (Å²) in [6, 6.07) is 13.5. The lowest BCUT2D eigenvalue weighted by Crippen LogP contribution is -2.23. The number of ether oxygens (including phenoxy) is 2. The van der Waals surface area contributed by atoms with E-state index >= 15 is 0 Å². The minimum Gasteiger partial charge on any atom is -0.493 e. The number of anilines is 1. The molecule has 0 saturated carbocycles. The number of hydrogen-bond acceptors (Lipinski definition) is 4. The van der Waals surface area contributed by atoms with Crippen LogP contribution in [0.4, 0.5) is 5.69 Å². The molecule has 0 amide bonds. The number of nitrogens with zero attached hydrogens (tertiary/aromatic N) is 1. The minimum atomic E-state index is 0.411. The van der Waals surface area contributed by atoms with Gasteiger partial charge in [0.2, 0.25) is 0 Å². The van der Waals surface area contributed by atoms with Crippen LogP contribution < -0.4 is 20.2 Å². The quantitative estimate of drug-likeness (QED) is 0.501. The van der Waals surface area contributed by atoms with Crippen LogP contribution in [-0.4, -0.2) is 25.5 Å². The lowest BCUT2D eigenvalue weighted by molar-refractivity contribution is 0.354. The van der Waals surface area contributed by atoms with Crippen molar-refractivity contribution in [3.8, 4) is 11.5 Å². The third kappa shape index (κ3) is 4.69. The molecule has 0 atom stereocenters. The molecule has 0 aliphatic carbocycles. The van der Waals surface area contributed by atoms with Gasteiger partial charge in [-0.3, -0.25) is 5.43 Å². The molecule has 0 aromatic heterocycles. The van der Waals surface area contributed by atoms with Crippen molar-refractivity contribution in [2.45, 2.75) is 6.92 Å². The second-order valence-corrected chi connectivity index (χ2v) is 5.18. The summed E-state index contributed by atoms with van der Waals surface area (Å²) in [5, 5.41) is 7.61. The molecular formula is C17H19N3O2S. The van der Waals surface area contributed by atoms with Crippen molar-refractivity contribution in [3.63, 3.8) is 0 Å². The Kier molecular flexibility index (Phi) is 5.94. The molecule has 0 fully saturated rings. The predicted octanol–water partition coefficient (Wildman–Crippen LogP) is 3.33. The lowest BCUT2D eigenvalue weighted by atomic mass is 10.2. The highest BCUT2D eigenvalue weighted by molar-refractivity contribution is 7.80. The average molecular weight is 329 g/mol. The number of hydrogen-bond donors (Lipinski definition) is 2. The van der Waals surface area contributed by atoms with Gasteiger partial charge in [0.25, 0.3) is 0 Å². The van der Waals surface area contributed by atoms with E-state index in [9.17, 15) is 0 Å². The van der Waals surface area contributed by atoms with E-state index in [4.69, 9.17) is 21.7 Å². The van der Waals surface area contributed by atoms with Gasteiger partial charge >= 0.3 is 0 Å². The molecule has 0 aliphatic heterocycles. The van der Waals surface area contributed by atoms with E-state index in [1.54, 1.807) is 20.4 Å². The fraction of sp³-hybridized carbons (Fsp3) is 0.176. The number of benzene rings is 2. The topological polar surface area (TPSA) is 54.9 Å². The van der Waals surface area contributed by atoms with E-state index in [1.807, 2.05) is 49.4 Å². The van der Waals surface area contributed by atoms with Crippen LogP contribution in [0.25, 0.3) is 0 Å². The Morgan fingerprint density at radius 2 is 1.91 bits per heavy atom. The Hall–Kier alpha value is -2.60. The second-order valence-electron chi connectivity index (χ2n) is 4.78. The summed E-state index contributed by atoms with van der Waals surface area (Å²) in [6.45, 7) is 2.02. The molecule has 0 spiro atoms. The zero-order chi connectivity index (χ0) is 16.7. The van der Waals surface area contributed by atoms with Gasteiger partial charge in [0.15, 0.2) is 16.6 Å². The fourth-order valence-electron chi connectivity index (χ4n) is 2.06. The van der Waals surface area contributed by atoms with E-state index in [0.29, 0.717) is 16.6 Å². The van der Waals surface area contributed by atoms with E-state index in [1.165, 1.54) is 0 Å². The number of rotatable bonds is 5. The summed E-state index contributed by atoms with van der Waals surface area (Å²) in [7, 11) is 3.18. The molecule has 0 heterocycles. The smallest absolute Gasteiger partial charge is 0.191 e. The highest BCUT2D eigenvalue weighted by atomic mass is 32.1. The fourth-order valence-corrected chi connectivity index (χ4v) is 2.23.